The van der Waals surface area contributed by atoms with E-state index in [9.17, 15) is 13.2 Å². The summed E-state index contributed by atoms with van der Waals surface area (Å²) in [7, 11) is 0.196. The van der Waals surface area contributed by atoms with Crippen molar-refractivity contribution in [3.63, 3.8) is 0 Å². The molecule has 0 aliphatic carbocycles. The van der Waals surface area contributed by atoms with Crippen LogP contribution in [0.15, 0.2) is 65.6 Å². The molecule has 34 heavy (non-hydrogen) atoms. The molecule has 0 bridgehead atoms. The average molecular weight is 505 g/mol. The van der Waals surface area contributed by atoms with Crippen LogP contribution in [0.2, 0.25) is 5.02 Å². The van der Waals surface area contributed by atoms with Crippen molar-refractivity contribution in [3.8, 4) is 17.2 Å². The van der Waals surface area contributed by atoms with Crippen molar-refractivity contribution in [2.45, 2.75) is 11.8 Å². The number of sulfonamides is 1. The molecule has 10 heteroatoms. The lowest BCUT2D eigenvalue weighted by Crippen LogP contribution is -2.38. The number of methoxy groups -OCH3 is 3. The fraction of sp³-hybridized carbons (Fsp3) is 0.208. The number of benzene rings is 3. The molecule has 0 atom stereocenters. The minimum absolute atomic E-state index is 0.0390. The van der Waals surface area contributed by atoms with Gasteiger partial charge in [-0.25, -0.2) is 8.42 Å². The van der Waals surface area contributed by atoms with Gasteiger partial charge < -0.3 is 19.5 Å². The van der Waals surface area contributed by atoms with Crippen LogP contribution in [0.5, 0.6) is 17.2 Å². The number of halogens is 1. The molecule has 3 aromatic carbocycles. The molecule has 0 saturated carbocycles. The van der Waals surface area contributed by atoms with E-state index in [-0.39, 0.29) is 16.3 Å². The highest BCUT2D eigenvalue weighted by atomic mass is 35.5. The summed E-state index contributed by atoms with van der Waals surface area (Å²) in [5.74, 6) is 0.325. The summed E-state index contributed by atoms with van der Waals surface area (Å²) in [6, 6.07) is 16.0. The fourth-order valence-corrected chi connectivity index (χ4v) is 4.97. The van der Waals surface area contributed by atoms with Crippen molar-refractivity contribution in [2.75, 3.05) is 37.5 Å². The zero-order valence-corrected chi connectivity index (χ0v) is 20.7. The van der Waals surface area contributed by atoms with E-state index < -0.39 is 22.5 Å². The number of carbonyl (C=O) groups is 1. The summed E-state index contributed by atoms with van der Waals surface area (Å²) in [6.45, 7) is 1.30. The van der Waals surface area contributed by atoms with Crippen LogP contribution in [0.25, 0.3) is 0 Å². The van der Waals surface area contributed by atoms with Crippen LogP contribution in [0, 0.1) is 6.92 Å². The molecule has 8 nitrogen and oxygen atoms in total. The second-order valence-electron chi connectivity index (χ2n) is 7.24. The van der Waals surface area contributed by atoms with Crippen LogP contribution in [-0.2, 0) is 14.8 Å². The standard InChI is InChI=1S/C24H25ClN2O6S/c1-16-10-11-21(31-2)20(12-16)27(34(29,30)17-8-6-5-7-9-17)15-24(28)26-19-14-22(32-3)18(25)13-23(19)33-4/h5-14H,15H2,1-4H3,(H,26,28). The number of anilines is 2. The van der Waals surface area contributed by atoms with Gasteiger partial charge in [-0.05, 0) is 36.8 Å². The van der Waals surface area contributed by atoms with Gasteiger partial charge in [0.15, 0.2) is 0 Å². The zero-order valence-electron chi connectivity index (χ0n) is 19.2. The lowest BCUT2D eigenvalue weighted by Gasteiger charge is -2.26. The van der Waals surface area contributed by atoms with Crippen LogP contribution in [-0.4, -0.2) is 42.2 Å². The van der Waals surface area contributed by atoms with E-state index in [2.05, 4.69) is 5.32 Å². The SMILES string of the molecule is COc1cc(NC(=O)CN(c2cc(C)ccc2OC)S(=O)(=O)c2ccccc2)c(OC)cc1Cl. The van der Waals surface area contributed by atoms with Gasteiger partial charge in [0.25, 0.3) is 10.0 Å². The number of amides is 1. The van der Waals surface area contributed by atoms with Crippen LogP contribution < -0.4 is 23.8 Å². The van der Waals surface area contributed by atoms with E-state index >= 15 is 0 Å². The fourth-order valence-electron chi connectivity index (χ4n) is 3.29. The minimum atomic E-state index is -4.11. The molecule has 0 aliphatic rings. The average Bonchev–Trinajstić information content (AvgIpc) is 2.83. The van der Waals surface area contributed by atoms with Crippen molar-refractivity contribution in [1.82, 2.24) is 0 Å². The Kier molecular flexibility index (Phi) is 7.90. The molecule has 180 valence electrons. The van der Waals surface area contributed by atoms with Crippen molar-refractivity contribution >= 4 is 38.9 Å². The van der Waals surface area contributed by atoms with Crippen molar-refractivity contribution in [1.29, 1.82) is 0 Å². The molecule has 1 amide bonds. The van der Waals surface area contributed by atoms with E-state index in [1.807, 2.05) is 6.92 Å². The Morgan fingerprint density at radius 1 is 0.912 bits per heavy atom. The Morgan fingerprint density at radius 2 is 1.56 bits per heavy atom. The smallest absolute Gasteiger partial charge is 0.264 e. The van der Waals surface area contributed by atoms with Gasteiger partial charge in [-0.3, -0.25) is 9.10 Å². The number of nitrogens with one attached hydrogen (secondary N) is 1. The van der Waals surface area contributed by atoms with Gasteiger partial charge in [-0.1, -0.05) is 35.9 Å². The molecule has 3 aromatic rings. The maximum absolute atomic E-state index is 13.6. The molecule has 0 aromatic heterocycles. The van der Waals surface area contributed by atoms with Crippen molar-refractivity contribution in [3.05, 3.63) is 71.2 Å². The molecular formula is C24H25ClN2O6S. The van der Waals surface area contributed by atoms with Gasteiger partial charge in [0.1, 0.15) is 23.8 Å². The largest absolute Gasteiger partial charge is 0.495 e. The summed E-state index contributed by atoms with van der Waals surface area (Å²) < 4.78 is 44.1. The number of rotatable bonds is 9. The van der Waals surface area contributed by atoms with Crippen molar-refractivity contribution in [2.24, 2.45) is 0 Å². The van der Waals surface area contributed by atoms with Crippen LogP contribution in [0.1, 0.15) is 5.56 Å². The summed E-state index contributed by atoms with van der Waals surface area (Å²) >= 11 is 6.14. The lowest BCUT2D eigenvalue weighted by atomic mass is 10.2. The normalized spacial score (nSPS) is 11.0. The molecule has 0 spiro atoms. The first-order valence-electron chi connectivity index (χ1n) is 10.1. The van der Waals surface area contributed by atoms with E-state index in [0.29, 0.717) is 22.3 Å². The number of hydrogen-bond donors (Lipinski definition) is 1. The molecule has 0 unspecified atom stereocenters. The molecule has 0 radical (unpaired) electrons. The number of hydrogen-bond acceptors (Lipinski definition) is 6. The van der Waals surface area contributed by atoms with Gasteiger partial charge in [0, 0.05) is 12.1 Å². The molecule has 1 N–H and O–H groups in total. The predicted molar refractivity (Wildman–Crippen MR) is 132 cm³/mol. The third-order valence-electron chi connectivity index (χ3n) is 4.97. The minimum Gasteiger partial charge on any atom is -0.495 e. The molecule has 0 aliphatic heterocycles. The molecular weight excluding hydrogens is 480 g/mol. The second kappa shape index (κ2) is 10.7. The summed E-state index contributed by atoms with van der Waals surface area (Å²) in [4.78, 5) is 13.2. The second-order valence-corrected chi connectivity index (χ2v) is 9.50. The zero-order chi connectivity index (χ0) is 24.9. The topological polar surface area (TPSA) is 94.2 Å². The first-order valence-corrected chi connectivity index (χ1v) is 12.0. The van der Waals surface area contributed by atoms with E-state index in [1.165, 1.54) is 45.6 Å². The highest BCUT2D eigenvalue weighted by Crippen LogP contribution is 2.37. The van der Waals surface area contributed by atoms with Gasteiger partial charge in [0.2, 0.25) is 5.91 Å². The predicted octanol–water partition coefficient (Wildman–Crippen LogP) is 4.51. The van der Waals surface area contributed by atoms with Gasteiger partial charge in [0.05, 0.1) is 42.6 Å². The molecule has 3 rings (SSSR count). The third-order valence-corrected chi connectivity index (χ3v) is 7.04. The molecule has 0 fully saturated rings. The van der Waals surface area contributed by atoms with Crippen LogP contribution in [0.3, 0.4) is 0 Å². The summed E-state index contributed by atoms with van der Waals surface area (Å²) in [6.07, 6.45) is 0. The first kappa shape index (κ1) is 25.2. The number of aryl methyl sites for hydroxylation is 1. The van der Waals surface area contributed by atoms with Gasteiger partial charge in [-0.2, -0.15) is 0 Å². The highest BCUT2D eigenvalue weighted by Gasteiger charge is 2.30. The van der Waals surface area contributed by atoms with Crippen molar-refractivity contribution < 1.29 is 27.4 Å². The van der Waals surface area contributed by atoms with Gasteiger partial charge in [-0.15, -0.1) is 0 Å². The van der Waals surface area contributed by atoms with E-state index in [4.69, 9.17) is 25.8 Å². The summed E-state index contributed by atoms with van der Waals surface area (Å²) in [5, 5.41) is 2.99. The molecule has 0 heterocycles. The lowest BCUT2D eigenvalue weighted by molar-refractivity contribution is -0.114. The number of ether oxygens (including phenoxy) is 3. The Labute approximate surface area is 204 Å². The quantitative estimate of drug-likeness (QED) is 0.461. The van der Waals surface area contributed by atoms with Crippen LogP contribution in [0.4, 0.5) is 11.4 Å². The van der Waals surface area contributed by atoms with E-state index in [0.717, 1.165) is 9.87 Å². The number of carbonyl (C=O) groups excluding carboxylic acids is 1. The maximum Gasteiger partial charge on any atom is 0.264 e. The Morgan fingerprint density at radius 3 is 2.18 bits per heavy atom. The summed E-state index contributed by atoms with van der Waals surface area (Å²) in [5.41, 5.74) is 1.32. The highest BCUT2D eigenvalue weighted by molar-refractivity contribution is 7.92. The van der Waals surface area contributed by atoms with Gasteiger partial charge >= 0.3 is 0 Å². The number of nitrogens with zero attached hydrogens (tertiary/aromatic N) is 1. The Bertz CT molecular complexity index is 1280. The maximum atomic E-state index is 13.6. The van der Waals surface area contributed by atoms with Crippen LogP contribution >= 0.6 is 11.6 Å². The third kappa shape index (κ3) is 5.37. The van der Waals surface area contributed by atoms with E-state index in [1.54, 1.807) is 36.4 Å². The monoisotopic (exact) mass is 504 g/mol. The first-order chi connectivity index (χ1) is 16.2. The molecule has 0 saturated heterocycles. The Balaban J connectivity index is 2.04. The Hall–Kier alpha value is -3.43.